The first-order valence-corrected chi connectivity index (χ1v) is 7.94. The van der Waals surface area contributed by atoms with Gasteiger partial charge < -0.3 is 10.1 Å². The number of rotatable bonds is 5. The maximum absolute atomic E-state index is 12.1. The second kappa shape index (κ2) is 7.92. The van der Waals surface area contributed by atoms with Crippen molar-refractivity contribution in [1.82, 2.24) is 10.3 Å². The second-order valence-electron chi connectivity index (χ2n) is 6.09. The average molecular weight is 304 g/mol. The highest BCUT2D eigenvalue weighted by molar-refractivity contribution is 5.83. The Morgan fingerprint density at radius 1 is 1.41 bits per heavy atom. The number of pyridine rings is 1. The van der Waals surface area contributed by atoms with E-state index in [4.69, 9.17) is 4.74 Å². The summed E-state index contributed by atoms with van der Waals surface area (Å²) >= 11 is 0. The van der Waals surface area contributed by atoms with Crippen LogP contribution in [0.1, 0.15) is 45.2 Å². The first-order valence-electron chi connectivity index (χ1n) is 7.94. The minimum Gasteiger partial charge on any atom is -0.452 e. The molecule has 0 aliphatic heterocycles. The van der Waals surface area contributed by atoms with E-state index in [1.165, 1.54) is 6.42 Å². The van der Waals surface area contributed by atoms with E-state index in [9.17, 15) is 9.59 Å². The molecule has 0 radical (unpaired) electrons. The number of esters is 1. The molecule has 1 heterocycles. The van der Waals surface area contributed by atoms with E-state index in [1.807, 2.05) is 18.2 Å². The van der Waals surface area contributed by atoms with E-state index in [1.54, 1.807) is 13.1 Å². The van der Waals surface area contributed by atoms with Crippen LogP contribution in [0.15, 0.2) is 24.4 Å². The van der Waals surface area contributed by atoms with Crippen LogP contribution in [-0.2, 0) is 20.9 Å². The monoisotopic (exact) mass is 304 g/mol. The maximum atomic E-state index is 12.1. The van der Waals surface area contributed by atoms with Crippen molar-refractivity contribution >= 4 is 11.9 Å². The van der Waals surface area contributed by atoms with Crippen molar-refractivity contribution in [3.8, 4) is 0 Å². The van der Waals surface area contributed by atoms with Gasteiger partial charge in [-0.25, -0.2) is 0 Å². The van der Waals surface area contributed by atoms with Crippen molar-refractivity contribution in [3.05, 3.63) is 30.1 Å². The molecule has 1 aromatic rings. The van der Waals surface area contributed by atoms with E-state index >= 15 is 0 Å². The smallest absolute Gasteiger partial charge is 0.309 e. The number of hydrogen-bond donors (Lipinski definition) is 1. The zero-order chi connectivity index (χ0) is 15.9. The summed E-state index contributed by atoms with van der Waals surface area (Å²) in [4.78, 5) is 28.2. The van der Waals surface area contributed by atoms with Crippen LogP contribution in [0.2, 0.25) is 0 Å². The van der Waals surface area contributed by atoms with Gasteiger partial charge in [0.2, 0.25) is 0 Å². The third kappa shape index (κ3) is 4.83. The summed E-state index contributed by atoms with van der Waals surface area (Å²) in [5, 5.41) is 2.74. The summed E-state index contributed by atoms with van der Waals surface area (Å²) < 4.78 is 5.32. The maximum Gasteiger partial charge on any atom is 0.309 e. The van der Waals surface area contributed by atoms with Gasteiger partial charge in [0.15, 0.2) is 6.10 Å². The van der Waals surface area contributed by atoms with Crippen molar-refractivity contribution in [2.24, 2.45) is 11.8 Å². The molecule has 1 fully saturated rings. The molecule has 5 heteroatoms. The molecular weight excluding hydrogens is 280 g/mol. The van der Waals surface area contributed by atoms with Gasteiger partial charge in [0.25, 0.3) is 5.91 Å². The molecule has 3 atom stereocenters. The van der Waals surface area contributed by atoms with Gasteiger partial charge >= 0.3 is 5.97 Å². The number of carbonyl (C=O) groups is 2. The van der Waals surface area contributed by atoms with Crippen LogP contribution in [0.25, 0.3) is 0 Å². The molecule has 1 aliphatic rings. The highest BCUT2D eigenvalue weighted by atomic mass is 16.5. The van der Waals surface area contributed by atoms with Crippen LogP contribution in [0.3, 0.4) is 0 Å². The number of amides is 1. The summed E-state index contributed by atoms with van der Waals surface area (Å²) in [6.45, 7) is 4.10. The first-order chi connectivity index (χ1) is 10.6. The lowest BCUT2D eigenvalue weighted by atomic mass is 9.82. The Labute approximate surface area is 131 Å². The molecule has 5 nitrogen and oxygen atoms in total. The lowest BCUT2D eigenvalue weighted by Gasteiger charge is -2.26. The fraction of sp³-hybridized carbons (Fsp3) is 0.588. The molecule has 0 bridgehead atoms. The molecule has 1 aromatic heterocycles. The molecule has 2 rings (SSSR count). The topological polar surface area (TPSA) is 68.3 Å². The van der Waals surface area contributed by atoms with Crippen LogP contribution in [0.4, 0.5) is 0 Å². The average Bonchev–Trinajstić information content (AvgIpc) is 2.53. The standard InChI is InChI=1S/C17H24N2O3/c1-12-6-5-7-14(10-12)17(21)22-13(2)16(20)19-11-15-8-3-4-9-18-15/h3-4,8-9,12-14H,5-7,10-11H2,1-2H3,(H,19,20). The van der Waals surface area contributed by atoms with E-state index in [-0.39, 0.29) is 17.8 Å². The van der Waals surface area contributed by atoms with Gasteiger partial charge in [-0.3, -0.25) is 14.6 Å². The largest absolute Gasteiger partial charge is 0.452 e. The molecule has 1 N–H and O–H groups in total. The van der Waals surface area contributed by atoms with Crippen LogP contribution in [0.5, 0.6) is 0 Å². The van der Waals surface area contributed by atoms with Crippen LogP contribution in [-0.4, -0.2) is 23.0 Å². The van der Waals surface area contributed by atoms with Crippen molar-refractivity contribution in [3.63, 3.8) is 0 Å². The van der Waals surface area contributed by atoms with Gasteiger partial charge in [0.05, 0.1) is 18.2 Å². The number of nitrogens with one attached hydrogen (secondary N) is 1. The first kappa shape index (κ1) is 16.5. The number of aromatic nitrogens is 1. The molecule has 1 amide bonds. The van der Waals surface area contributed by atoms with Gasteiger partial charge in [0.1, 0.15) is 0 Å². The number of hydrogen-bond acceptors (Lipinski definition) is 4. The van der Waals surface area contributed by atoms with Gasteiger partial charge in [-0.15, -0.1) is 0 Å². The molecule has 22 heavy (non-hydrogen) atoms. The normalized spacial score (nSPS) is 22.6. The molecular formula is C17H24N2O3. The third-order valence-corrected chi connectivity index (χ3v) is 4.10. The van der Waals surface area contributed by atoms with E-state index in [2.05, 4.69) is 17.2 Å². The molecule has 120 valence electrons. The molecule has 3 unspecified atom stereocenters. The van der Waals surface area contributed by atoms with Gasteiger partial charge in [-0.1, -0.05) is 25.8 Å². The fourth-order valence-corrected chi connectivity index (χ4v) is 2.80. The van der Waals surface area contributed by atoms with E-state index in [0.717, 1.165) is 25.0 Å². The van der Waals surface area contributed by atoms with Crippen molar-refractivity contribution in [2.75, 3.05) is 0 Å². The van der Waals surface area contributed by atoms with Crippen molar-refractivity contribution < 1.29 is 14.3 Å². The van der Waals surface area contributed by atoms with E-state index < -0.39 is 6.10 Å². The van der Waals surface area contributed by atoms with Gasteiger partial charge in [-0.2, -0.15) is 0 Å². The molecule has 1 saturated carbocycles. The van der Waals surface area contributed by atoms with Crippen molar-refractivity contribution in [1.29, 1.82) is 0 Å². The predicted molar refractivity (Wildman–Crippen MR) is 82.8 cm³/mol. The Balaban J connectivity index is 1.77. The summed E-state index contributed by atoms with van der Waals surface area (Å²) in [6, 6.07) is 5.52. The fourth-order valence-electron chi connectivity index (χ4n) is 2.80. The third-order valence-electron chi connectivity index (χ3n) is 4.10. The number of carbonyl (C=O) groups excluding carboxylic acids is 2. The Kier molecular flexibility index (Phi) is 5.92. The predicted octanol–water partition coefficient (Wildman–Crippen LogP) is 2.46. The lowest BCUT2D eigenvalue weighted by Crippen LogP contribution is -2.37. The van der Waals surface area contributed by atoms with Crippen LogP contribution >= 0.6 is 0 Å². The number of ether oxygens (including phenoxy) is 1. The SMILES string of the molecule is CC1CCCC(C(=O)OC(C)C(=O)NCc2ccccn2)C1. The Bertz CT molecular complexity index is 504. The Hall–Kier alpha value is -1.91. The molecule has 1 aliphatic carbocycles. The lowest BCUT2D eigenvalue weighted by molar-refractivity contribution is -0.160. The Morgan fingerprint density at radius 3 is 2.91 bits per heavy atom. The minimum atomic E-state index is -0.770. The highest BCUT2D eigenvalue weighted by Crippen LogP contribution is 2.29. The Morgan fingerprint density at radius 2 is 2.23 bits per heavy atom. The molecule has 0 aromatic carbocycles. The number of nitrogens with zero attached hydrogens (tertiary/aromatic N) is 1. The van der Waals surface area contributed by atoms with Crippen molar-refractivity contribution in [2.45, 2.75) is 52.2 Å². The zero-order valence-corrected chi connectivity index (χ0v) is 13.2. The second-order valence-corrected chi connectivity index (χ2v) is 6.09. The zero-order valence-electron chi connectivity index (χ0n) is 13.2. The molecule has 0 saturated heterocycles. The van der Waals surface area contributed by atoms with Gasteiger partial charge in [-0.05, 0) is 37.8 Å². The quantitative estimate of drug-likeness (QED) is 0.848. The summed E-state index contributed by atoms with van der Waals surface area (Å²) in [5.41, 5.74) is 0.774. The van der Waals surface area contributed by atoms with Crippen LogP contribution in [0, 0.1) is 11.8 Å². The van der Waals surface area contributed by atoms with E-state index in [0.29, 0.717) is 12.5 Å². The summed E-state index contributed by atoms with van der Waals surface area (Å²) in [5.74, 6) is -0.0377. The summed E-state index contributed by atoms with van der Waals surface area (Å²) in [7, 11) is 0. The van der Waals surface area contributed by atoms with Gasteiger partial charge in [0, 0.05) is 6.20 Å². The minimum absolute atomic E-state index is 0.0604. The van der Waals surface area contributed by atoms with Crippen LogP contribution < -0.4 is 5.32 Å². The molecule has 0 spiro atoms. The summed E-state index contributed by atoms with van der Waals surface area (Å²) in [6.07, 6.45) is 4.86. The highest BCUT2D eigenvalue weighted by Gasteiger charge is 2.28.